The quantitative estimate of drug-likeness (QED) is 0.659. The number of anilines is 1. The van der Waals surface area contributed by atoms with Gasteiger partial charge in [0, 0.05) is 34.1 Å². The van der Waals surface area contributed by atoms with E-state index in [4.69, 9.17) is 11.6 Å². The van der Waals surface area contributed by atoms with E-state index in [1.54, 1.807) is 48.7 Å². The van der Waals surface area contributed by atoms with E-state index in [9.17, 15) is 9.59 Å². The number of nitrogens with one attached hydrogen (secondary N) is 1. The molecule has 0 unspecified atom stereocenters. The predicted octanol–water partition coefficient (Wildman–Crippen LogP) is 4.35. The molecule has 0 aliphatic heterocycles. The van der Waals surface area contributed by atoms with Gasteiger partial charge in [-0.3, -0.25) is 9.59 Å². The van der Waals surface area contributed by atoms with E-state index >= 15 is 0 Å². The number of allylic oxidation sites excluding steroid dienone is 1. The van der Waals surface area contributed by atoms with Crippen LogP contribution < -0.4 is 5.32 Å². The molecule has 0 bridgehead atoms. The Hall–Kier alpha value is -2.39. The second-order valence-electron chi connectivity index (χ2n) is 4.49. The van der Waals surface area contributed by atoms with Crippen LogP contribution in [0.15, 0.2) is 60.8 Å². The SMILES string of the molecule is CC(=O)c1cccc(N/C=C\C(=O)c2ccc(Cl)cc2)c1. The lowest BCUT2D eigenvalue weighted by Gasteiger charge is -2.02. The van der Waals surface area contributed by atoms with Crippen LogP contribution in [0.5, 0.6) is 0 Å². The normalized spacial score (nSPS) is 10.6. The Morgan fingerprint density at radius 1 is 1.05 bits per heavy atom. The number of carbonyl (C=O) groups excluding carboxylic acids is 2. The van der Waals surface area contributed by atoms with Gasteiger partial charge in [0.05, 0.1) is 0 Å². The minimum absolute atomic E-state index is 0.000120. The van der Waals surface area contributed by atoms with Gasteiger partial charge >= 0.3 is 0 Å². The van der Waals surface area contributed by atoms with Gasteiger partial charge in [-0.25, -0.2) is 0 Å². The van der Waals surface area contributed by atoms with Gasteiger partial charge in [0.25, 0.3) is 0 Å². The minimum Gasteiger partial charge on any atom is -0.362 e. The van der Waals surface area contributed by atoms with Crippen molar-refractivity contribution in [1.29, 1.82) is 0 Å². The molecule has 0 saturated carbocycles. The Morgan fingerprint density at radius 2 is 1.76 bits per heavy atom. The summed E-state index contributed by atoms with van der Waals surface area (Å²) in [6.07, 6.45) is 2.99. The highest BCUT2D eigenvalue weighted by Gasteiger charge is 2.01. The van der Waals surface area contributed by atoms with Crippen LogP contribution in [0.25, 0.3) is 0 Å². The van der Waals surface area contributed by atoms with E-state index in [1.807, 2.05) is 6.07 Å². The van der Waals surface area contributed by atoms with Crippen LogP contribution in [0.1, 0.15) is 27.6 Å². The monoisotopic (exact) mass is 299 g/mol. The fraction of sp³-hybridized carbons (Fsp3) is 0.0588. The van der Waals surface area contributed by atoms with Crippen molar-refractivity contribution >= 4 is 28.9 Å². The van der Waals surface area contributed by atoms with E-state index in [0.29, 0.717) is 16.1 Å². The van der Waals surface area contributed by atoms with Crippen molar-refractivity contribution in [2.24, 2.45) is 0 Å². The molecule has 2 aromatic carbocycles. The topological polar surface area (TPSA) is 46.2 Å². The lowest BCUT2D eigenvalue weighted by atomic mass is 10.1. The van der Waals surface area contributed by atoms with Gasteiger partial charge in [0.1, 0.15) is 0 Å². The van der Waals surface area contributed by atoms with Crippen molar-refractivity contribution in [1.82, 2.24) is 0 Å². The summed E-state index contributed by atoms with van der Waals surface area (Å²) in [5.41, 5.74) is 1.94. The number of halogens is 1. The maximum atomic E-state index is 11.9. The molecule has 0 atom stereocenters. The second-order valence-corrected chi connectivity index (χ2v) is 4.92. The average Bonchev–Trinajstić information content (AvgIpc) is 2.48. The van der Waals surface area contributed by atoms with Crippen LogP contribution in [0, 0.1) is 0 Å². The van der Waals surface area contributed by atoms with Crippen molar-refractivity contribution in [2.45, 2.75) is 6.92 Å². The van der Waals surface area contributed by atoms with Gasteiger partial charge in [-0.15, -0.1) is 0 Å². The lowest BCUT2D eigenvalue weighted by molar-refractivity contribution is 0.101. The fourth-order valence-electron chi connectivity index (χ4n) is 1.75. The first-order valence-corrected chi connectivity index (χ1v) is 6.78. The molecule has 3 nitrogen and oxygen atoms in total. The molecule has 0 amide bonds. The van der Waals surface area contributed by atoms with Crippen LogP contribution in [-0.2, 0) is 0 Å². The number of benzene rings is 2. The van der Waals surface area contributed by atoms with Gasteiger partial charge in [-0.1, -0.05) is 23.7 Å². The van der Waals surface area contributed by atoms with Crippen LogP contribution in [0.2, 0.25) is 5.02 Å². The molecule has 0 aliphatic carbocycles. The van der Waals surface area contributed by atoms with E-state index in [0.717, 1.165) is 5.69 Å². The summed E-state index contributed by atoms with van der Waals surface area (Å²) < 4.78 is 0. The third kappa shape index (κ3) is 4.29. The second kappa shape index (κ2) is 6.86. The van der Waals surface area contributed by atoms with Crippen molar-refractivity contribution in [3.05, 3.63) is 77.0 Å². The molecule has 0 fully saturated rings. The maximum Gasteiger partial charge on any atom is 0.187 e. The first-order chi connectivity index (χ1) is 10.1. The van der Waals surface area contributed by atoms with E-state index in [1.165, 1.54) is 13.0 Å². The maximum absolute atomic E-state index is 11.9. The standard InChI is InChI=1S/C17H14ClNO2/c1-12(20)14-3-2-4-16(11-14)19-10-9-17(21)13-5-7-15(18)8-6-13/h2-11,19H,1H3/b10-9-. The van der Waals surface area contributed by atoms with Crippen LogP contribution in [-0.4, -0.2) is 11.6 Å². The highest BCUT2D eigenvalue weighted by Crippen LogP contribution is 2.12. The highest BCUT2D eigenvalue weighted by molar-refractivity contribution is 6.30. The largest absolute Gasteiger partial charge is 0.362 e. The molecule has 106 valence electrons. The summed E-state index contributed by atoms with van der Waals surface area (Å²) in [4.78, 5) is 23.2. The number of hydrogen-bond donors (Lipinski definition) is 1. The zero-order valence-electron chi connectivity index (χ0n) is 11.5. The Balaban J connectivity index is 2.02. The molecule has 2 rings (SSSR count). The molecule has 2 aromatic rings. The summed E-state index contributed by atoms with van der Waals surface area (Å²) in [6.45, 7) is 1.51. The molecule has 1 N–H and O–H groups in total. The van der Waals surface area contributed by atoms with Crippen LogP contribution >= 0.6 is 11.6 Å². The third-order valence-electron chi connectivity index (χ3n) is 2.88. The summed E-state index contributed by atoms with van der Waals surface area (Å²) in [6, 6.07) is 13.8. The Labute approximate surface area is 128 Å². The average molecular weight is 300 g/mol. The van der Waals surface area contributed by atoms with Crippen molar-refractivity contribution in [2.75, 3.05) is 5.32 Å². The number of carbonyl (C=O) groups is 2. The lowest BCUT2D eigenvalue weighted by Crippen LogP contribution is -1.97. The van der Waals surface area contributed by atoms with Crippen LogP contribution in [0.4, 0.5) is 5.69 Å². The van der Waals surface area contributed by atoms with Crippen molar-refractivity contribution in [3.63, 3.8) is 0 Å². The van der Waals surface area contributed by atoms with Gasteiger partial charge in [0.2, 0.25) is 0 Å². The molecule has 0 radical (unpaired) electrons. The summed E-state index contributed by atoms with van der Waals surface area (Å²) in [5, 5.41) is 3.56. The Bertz CT molecular complexity index is 690. The zero-order valence-corrected chi connectivity index (χ0v) is 12.2. The Kier molecular flexibility index (Phi) is 4.90. The molecule has 0 aromatic heterocycles. The first-order valence-electron chi connectivity index (χ1n) is 6.40. The molecular weight excluding hydrogens is 286 g/mol. The molecule has 0 heterocycles. The first kappa shape index (κ1) is 15.0. The number of hydrogen-bond acceptors (Lipinski definition) is 3. The van der Waals surface area contributed by atoms with Crippen molar-refractivity contribution in [3.8, 4) is 0 Å². The molecule has 4 heteroatoms. The molecule has 0 aliphatic rings. The highest BCUT2D eigenvalue weighted by atomic mass is 35.5. The smallest absolute Gasteiger partial charge is 0.187 e. The van der Waals surface area contributed by atoms with E-state index < -0.39 is 0 Å². The third-order valence-corrected chi connectivity index (χ3v) is 3.13. The van der Waals surface area contributed by atoms with Gasteiger partial charge in [0.15, 0.2) is 11.6 Å². The fourth-order valence-corrected chi connectivity index (χ4v) is 1.88. The summed E-state index contributed by atoms with van der Waals surface area (Å²) >= 11 is 5.77. The number of ketones is 2. The molecular formula is C17H14ClNO2. The number of Topliss-reactive ketones (excluding diaryl/α,β-unsaturated/α-hetero) is 1. The zero-order chi connectivity index (χ0) is 15.2. The molecule has 0 spiro atoms. The summed E-state index contributed by atoms with van der Waals surface area (Å²) in [7, 11) is 0. The van der Waals surface area contributed by atoms with Crippen LogP contribution in [0.3, 0.4) is 0 Å². The van der Waals surface area contributed by atoms with Gasteiger partial charge in [-0.2, -0.15) is 0 Å². The number of rotatable bonds is 5. The van der Waals surface area contributed by atoms with E-state index in [-0.39, 0.29) is 11.6 Å². The van der Waals surface area contributed by atoms with E-state index in [2.05, 4.69) is 5.32 Å². The minimum atomic E-state index is -0.123. The predicted molar refractivity (Wildman–Crippen MR) is 85.0 cm³/mol. The van der Waals surface area contributed by atoms with Crippen molar-refractivity contribution < 1.29 is 9.59 Å². The molecule has 0 saturated heterocycles. The summed E-state index contributed by atoms with van der Waals surface area (Å²) in [5.74, 6) is -0.123. The Morgan fingerprint density at radius 3 is 2.43 bits per heavy atom. The van der Waals surface area contributed by atoms with Gasteiger partial charge < -0.3 is 5.32 Å². The molecule has 21 heavy (non-hydrogen) atoms. The van der Waals surface area contributed by atoms with Gasteiger partial charge in [-0.05, 0) is 43.3 Å².